The molecule has 24 heavy (non-hydrogen) atoms. The Labute approximate surface area is 146 Å². The Morgan fingerprint density at radius 3 is 2.58 bits per heavy atom. The van der Waals surface area contributed by atoms with Crippen LogP contribution in [0, 0.1) is 6.92 Å². The van der Waals surface area contributed by atoms with Gasteiger partial charge in [-0.1, -0.05) is 18.2 Å². The highest BCUT2D eigenvalue weighted by Crippen LogP contribution is 2.27. The smallest absolute Gasteiger partial charge is 0.252 e. The third-order valence-electron chi connectivity index (χ3n) is 4.11. The monoisotopic (exact) mass is 364 g/mol. The van der Waals surface area contributed by atoms with Crippen molar-refractivity contribution < 1.29 is 13.2 Å². The molecule has 1 fully saturated rings. The SMILES string of the molecule is Cc1ccccc1C(=O)NCc1ccc(S(=O)(=O)N2CCCC2)s1. The minimum absolute atomic E-state index is 0.148. The van der Waals surface area contributed by atoms with Gasteiger partial charge in [-0.3, -0.25) is 4.79 Å². The lowest BCUT2D eigenvalue weighted by molar-refractivity contribution is 0.0950. The molecule has 2 aromatic rings. The summed E-state index contributed by atoms with van der Waals surface area (Å²) in [6, 6.07) is 10.8. The fraction of sp³-hybridized carbons (Fsp3) is 0.353. The van der Waals surface area contributed by atoms with Gasteiger partial charge in [0.25, 0.3) is 15.9 Å². The van der Waals surface area contributed by atoms with E-state index < -0.39 is 10.0 Å². The van der Waals surface area contributed by atoms with E-state index in [2.05, 4.69) is 5.32 Å². The predicted molar refractivity (Wildman–Crippen MR) is 94.7 cm³/mol. The van der Waals surface area contributed by atoms with Crippen molar-refractivity contribution in [3.05, 3.63) is 52.4 Å². The van der Waals surface area contributed by atoms with Crippen molar-refractivity contribution in [1.29, 1.82) is 0 Å². The Hall–Kier alpha value is -1.70. The Bertz CT molecular complexity index is 837. The lowest BCUT2D eigenvalue weighted by Gasteiger charge is -2.13. The highest BCUT2D eigenvalue weighted by Gasteiger charge is 2.28. The van der Waals surface area contributed by atoms with Gasteiger partial charge >= 0.3 is 0 Å². The maximum atomic E-state index is 12.5. The number of nitrogens with zero attached hydrogens (tertiary/aromatic N) is 1. The first-order chi connectivity index (χ1) is 11.5. The van der Waals surface area contributed by atoms with Gasteiger partial charge in [-0.25, -0.2) is 8.42 Å². The summed E-state index contributed by atoms with van der Waals surface area (Å²) in [7, 11) is -3.38. The lowest BCUT2D eigenvalue weighted by Crippen LogP contribution is -2.27. The van der Waals surface area contributed by atoms with E-state index in [9.17, 15) is 13.2 Å². The molecule has 5 nitrogen and oxygen atoms in total. The molecule has 3 rings (SSSR count). The van der Waals surface area contributed by atoms with Crippen LogP contribution >= 0.6 is 11.3 Å². The number of sulfonamides is 1. The number of rotatable bonds is 5. The van der Waals surface area contributed by atoms with E-state index in [1.807, 2.05) is 25.1 Å². The number of benzene rings is 1. The van der Waals surface area contributed by atoms with Gasteiger partial charge in [0.2, 0.25) is 0 Å². The minimum atomic E-state index is -3.38. The molecule has 0 aliphatic carbocycles. The second-order valence-corrected chi connectivity index (χ2v) is 9.16. The number of nitrogens with one attached hydrogen (secondary N) is 1. The van der Waals surface area contributed by atoms with Crippen LogP contribution in [0.1, 0.15) is 33.6 Å². The Morgan fingerprint density at radius 1 is 1.17 bits per heavy atom. The van der Waals surface area contributed by atoms with Gasteiger partial charge in [0.05, 0.1) is 6.54 Å². The molecule has 0 saturated carbocycles. The molecule has 0 radical (unpaired) electrons. The summed E-state index contributed by atoms with van der Waals surface area (Å²) in [4.78, 5) is 13.0. The predicted octanol–water partition coefficient (Wildman–Crippen LogP) is 2.77. The fourth-order valence-electron chi connectivity index (χ4n) is 2.74. The molecular weight excluding hydrogens is 344 g/mol. The van der Waals surface area contributed by atoms with Crippen molar-refractivity contribution in [2.24, 2.45) is 0 Å². The normalized spacial score (nSPS) is 15.5. The maximum absolute atomic E-state index is 12.5. The average molecular weight is 364 g/mol. The number of hydrogen-bond donors (Lipinski definition) is 1. The zero-order valence-electron chi connectivity index (χ0n) is 13.5. The Morgan fingerprint density at radius 2 is 1.88 bits per heavy atom. The Kier molecular flexibility index (Phi) is 5.03. The van der Waals surface area contributed by atoms with E-state index in [-0.39, 0.29) is 5.91 Å². The second-order valence-electron chi connectivity index (χ2n) is 5.83. The fourth-order valence-corrected chi connectivity index (χ4v) is 5.70. The molecule has 0 bridgehead atoms. The third kappa shape index (κ3) is 3.53. The summed E-state index contributed by atoms with van der Waals surface area (Å²) in [5.41, 5.74) is 1.55. The van der Waals surface area contributed by atoms with Crippen LogP contribution in [-0.2, 0) is 16.6 Å². The number of aryl methyl sites for hydroxylation is 1. The first-order valence-corrected chi connectivity index (χ1v) is 10.2. The van der Waals surface area contributed by atoms with Gasteiger partial charge in [0, 0.05) is 23.5 Å². The highest BCUT2D eigenvalue weighted by atomic mass is 32.2. The van der Waals surface area contributed by atoms with Crippen LogP contribution in [0.4, 0.5) is 0 Å². The molecule has 1 aromatic heterocycles. The van der Waals surface area contributed by atoms with E-state index >= 15 is 0 Å². The molecule has 1 aliphatic rings. The van der Waals surface area contributed by atoms with Gasteiger partial charge in [-0.15, -0.1) is 11.3 Å². The summed E-state index contributed by atoms with van der Waals surface area (Å²) in [5.74, 6) is -0.148. The molecule has 1 aromatic carbocycles. The largest absolute Gasteiger partial charge is 0.347 e. The molecule has 0 unspecified atom stereocenters. The van der Waals surface area contributed by atoms with Crippen LogP contribution in [0.5, 0.6) is 0 Å². The van der Waals surface area contributed by atoms with E-state index in [0.29, 0.717) is 29.4 Å². The van der Waals surface area contributed by atoms with Crippen molar-refractivity contribution >= 4 is 27.3 Å². The minimum Gasteiger partial charge on any atom is -0.347 e. The van der Waals surface area contributed by atoms with Crippen molar-refractivity contribution in [1.82, 2.24) is 9.62 Å². The quantitative estimate of drug-likeness (QED) is 0.887. The van der Waals surface area contributed by atoms with Gasteiger partial charge in [0.1, 0.15) is 4.21 Å². The number of carbonyl (C=O) groups is 1. The van der Waals surface area contributed by atoms with Crippen LogP contribution < -0.4 is 5.32 Å². The van der Waals surface area contributed by atoms with E-state index in [1.165, 1.54) is 15.6 Å². The summed E-state index contributed by atoms with van der Waals surface area (Å²) in [6.07, 6.45) is 1.84. The van der Waals surface area contributed by atoms with Crippen molar-refractivity contribution in [2.75, 3.05) is 13.1 Å². The molecule has 1 saturated heterocycles. The zero-order valence-corrected chi connectivity index (χ0v) is 15.1. The third-order valence-corrected chi connectivity index (χ3v) is 7.56. The molecule has 0 spiro atoms. The standard InChI is InChI=1S/C17H20N2O3S2/c1-13-6-2-3-7-15(13)17(20)18-12-14-8-9-16(23-14)24(21,22)19-10-4-5-11-19/h2-3,6-9H,4-5,10-12H2,1H3,(H,18,20). The van der Waals surface area contributed by atoms with Crippen molar-refractivity contribution in [3.8, 4) is 0 Å². The zero-order chi connectivity index (χ0) is 17.2. The molecule has 1 aliphatic heterocycles. The highest BCUT2D eigenvalue weighted by molar-refractivity contribution is 7.91. The van der Waals surface area contributed by atoms with Gasteiger partial charge in [0.15, 0.2) is 0 Å². The Balaban J connectivity index is 1.66. The number of amides is 1. The topological polar surface area (TPSA) is 66.5 Å². The maximum Gasteiger partial charge on any atom is 0.252 e. The van der Waals surface area contributed by atoms with E-state index in [4.69, 9.17) is 0 Å². The van der Waals surface area contributed by atoms with Gasteiger partial charge in [-0.2, -0.15) is 4.31 Å². The summed E-state index contributed by atoms with van der Waals surface area (Å²) < 4.78 is 26.9. The molecule has 2 heterocycles. The lowest BCUT2D eigenvalue weighted by atomic mass is 10.1. The molecule has 1 N–H and O–H groups in total. The van der Waals surface area contributed by atoms with Gasteiger partial charge in [-0.05, 0) is 43.5 Å². The van der Waals surface area contributed by atoms with Crippen LogP contribution in [0.15, 0.2) is 40.6 Å². The second kappa shape index (κ2) is 7.04. The van der Waals surface area contributed by atoms with E-state index in [0.717, 1.165) is 23.3 Å². The molecule has 1 amide bonds. The number of carbonyl (C=O) groups excluding carboxylic acids is 1. The van der Waals surface area contributed by atoms with Gasteiger partial charge < -0.3 is 5.32 Å². The van der Waals surface area contributed by atoms with Crippen LogP contribution in [0.2, 0.25) is 0 Å². The van der Waals surface area contributed by atoms with Crippen molar-refractivity contribution in [2.45, 2.75) is 30.5 Å². The van der Waals surface area contributed by atoms with Crippen LogP contribution in [-0.4, -0.2) is 31.7 Å². The molecule has 0 atom stereocenters. The molecular formula is C17H20N2O3S2. The number of thiophene rings is 1. The average Bonchev–Trinajstić information content (AvgIpc) is 3.25. The summed E-state index contributed by atoms with van der Waals surface area (Å²) >= 11 is 1.22. The summed E-state index contributed by atoms with van der Waals surface area (Å²) in [5, 5.41) is 2.85. The van der Waals surface area contributed by atoms with Crippen LogP contribution in [0.25, 0.3) is 0 Å². The number of hydrogen-bond acceptors (Lipinski definition) is 4. The van der Waals surface area contributed by atoms with E-state index in [1.54, 1.807) is 18.2 Å². The first kappa shape index (κ1) is 17.1. The summed E-state index contributed by atoms with van der Waals surface area (Å²) in [6.45, 7) is 3.41. The first-order valence-electron chi connectivity index (χ1n) is 7.91. The van der Waals surface area contributed by atoms with Crippen molar-refractivity contribution in [3.63, 3.8) is 0 Å². The molecule has 7 heteroatoms. The molecule has 128 valence electrons. The van der Waals surface area contributed by atoms with Crippen LogP contribution in [0.3, 0.4) is 0 Å².